The number of amides is 1. The van der Waals surface area contributed by atoms with Crippen molar-refractivity contribution in [3.63, 3.8) is 0 Å². The molecule has 23 heavy (non-hydrogen) atoms. The molecule has 1 amide bonds. The predicted molar refractivity (Wildman–Crippen MR) is 90.6 cm³/mol. The summed E-state index contributed by atoms with van der Waals surface area (Å²) in [5, 5.41) is 3.32. The number of carbonyl (C=O) groups is 1. The number of rotatable bonds is 4. The maximum absolute atomic E-state index is 13.2. The number of hydrogen-bond donors (Lipinski definition) is 1. The van der Waals surface area contributed by atoms with Crippen LogP contribution in [0.1, 0.15) is 30.9 Å². The van der Waals surface area contributed by atoms with E-state index in [2.05, 4.69) is 10.2 Å². The summed E-state index contributed by atoms with van der Waals surface area (Å²) in [6, 6.07) is 7.84. The highest BCUT2D eigenvalue weighted by atomic mass is 16.5. The molecule has 1 aromatic rings. The maximum Gasteiger partial charge on any atom is 0.244 e. The quantitative estimate of drug-likeness (QED) is 0.917. The average Bonchev–Trinajstić information content (AvgIpc) is 2.64. The molecule has 1 atom stereocenters. The standard InChI is InChI=1S/C18H27N3O2/c1-23-16-7-5-15(6-8-16)17(20-11-3-2-4-12-20)18(22)21-13-9-19-10-14-21/h5-8,17,19H,2-4,9-14H2,1H3. The van der Waals surface area contributed by atoms with Crippen molar-refractivity contribution in [1.82, 2.24) is 15.1 Å². The van der Waals surface area contributed by atoms with Gasteiger partial charge in [-0.3, -0.25) is 9.69 Å². The molecule has 126 valence electrons. The zero-order chi connectivity index (χ0) is 16.1. The number of likely N-dealkylation sites (tertiary alicyclic amines) is 1. The highest BCUT2D eigenvalue weighted by Crippen LogP contribution is 2.28. The normalized spacial score (nSPS) is 21.0. The minimum Gasteiger partial charge on any atom is -0.497 e. The Kier molecular flexibility index (Phi) is 5.51. The lowest BCUT2D eigenvalue weighted by atomic mass is 10.00. The van der Waals surface area contributed by atoms with Crippen LogP contribution in [0.2, 0.25) is 0 Å². The van der Waals surface area contributed by atoms with Gasteiger partial charge >= 0.3 is 0 Å². The molecule has 0 saturated carbocycles. The van der Waals surface area contributed by atoms with Crippen LogP contribution < -0.4 is 10.1 Å². The van der Waals surface area contributed by atoms with E-state index in [1.165, 1.54) is 19.3 Å². The number of methoxy groups -OCH3 is 1. The Morgan fingerprint density at radius 2 is 1.70 bits per heavy atom. The number of carbonyl (C=O) groups excluding carboxylic acids is 1. The van der Waals surface area contributed by atoms with Crippen LogP contribution in [0.3, 0.4) is 0 Å². The van der Waals surface area contributed by atoms with E-state index in [0.717, 1.165) is 50.6 Å². The summed E-state index contributed by atoms with van der Waals surface area (Å²) < 4.78 is 5.25. The fraction of sp³-hybridized carbons (Fsp3) is 0.611. The van der Waals surface area contributed by atoms with Gasteiger partial charge in [-0.1, -0.05) is 18.6 Å². The second-order valence-corrected chi connectivity index (χ2v) is 6.35. The van der Waals surface area contributed by atoms with Gasteiger partial charge in [0.25, 0.3) is 0 Å². The third kappa shape index (κ3) is 3.85. The van der Waals surface area contributed by atoms with Gasteiger partial charge < -0.3 is 15.0 Å². The van der Waals surface area contributed by atoms with Crippen LogP contribution in [0.15, 0.2) is 24.3 Å². The Morgan fingerprint density at radius 1 is 1.04 bits per heavy atom. The molecular weight excluding hydrogens is 290 g/mol. The van der Waals surface area contributed by atoms with Crippen LogP contribution in [0.25, 0.3) is 0 Å². The van der Waals surface area contributed by atoms with Crippen molar-refractivity contribution in [3.8, 4) is 5.75 Å². The molecule has 0 aromatic heterocycles. The molecule has 2 heterocycles. The maximum atomic E-state index is 13.2. The van der Waals surface area contributed by atoms with Crippen LogP contribution in [0, 0.1) is 0 Å². The summed E-state index contributed by atoms with van der Waals surface area (Å²) in [6.07, 6.45) is 3.64. The van der Waals surface area contributed by atoms with Gasteiger partial charge in [-0.05, 0) is 43.6 Å². The minimum atomic E-state index is -0.153. The van der Waals surface area contributed by atoms with E-state index in [0.29, 0.717) is 0 Å². The van der Waals surface area contributed by atoms with Crippen molar-refractivity contribution >= 4 is 5.91 Å². The van der Waals surface area contributed by atoms with Gasteiger partial charge in [0, 0.05) is 26.2 Å². The molecular formula is C18H27N3O2. The molecule has 0 aliphatic carbocycles. The first-order chi connectivity index (χ1) is 11.3. The summed E-state index contributed by atoms with van der Waals surface area (Å²) in [5.74, 6) is 1.08. The highest BCUT2D eigenvalue weighted by Gasteiger charge is 2.32. The third-order valence-electron chi connectivity index (χ3n) is 4.85. The van der Waals surface area contributed by atoms with Crippen molar-refractivity contribution < 1.29 is 9.53 Å². The average molecular weight is 317 g/mol. The lowest BCUT2D eigenvalue weighted by Gasteiger charge is -2.38. The molecule has 0 spiro atoms. The fourth-order valence-corrected chi connectivity index (χ4v) is 3.53. The van der Waals surface area contributed by atoms with Gasteiger partial charge in [0.05, 0.1) is 7.11 Å². The Labute approximate surface area is 138 Å². The van der Waals surface area contributed by atoms with Crippen LogP contribution >= 0.6 is 0 Å². The van der Waals surface area contributed by atoms with Gasteiger partial charge in [0.15, 0.2) is 0 Å². The summed E-state index contributed by atoms with van der Waals surface area (Å²) in [6.45, 7) is 5.41. The van der Waals surface area contributed by atoms with Crippen molar-refractivity contribution in [2.75, 3.05) is 46.4 Å². The van der Waals surface area contributed by atoms with E-state index in [-0.39, 0.29) is 11.9 Å². The number of benzene rings is 1. The Morgan fingerprint density at radius 3 is 2.30 bits per heavy atom. The van der Waals surface area contributed by atoms with Gasteiger partial charge in [0.2, 0.25) is 5.91 Å². The number of nitrogens with one attached hydrogen (secondary N) is 1. The summed E-state index contributed by atoms with van der Waals surface area (Å²) >= 11 is 0. The fourth-order valence-electron chi connectivity index (χ4n) is 3.53. The lowest BCUT2D eigenvalue weighted by Crippen LogP contribution is -2.51. The monoisotopic (exact) mass is 317 g/mol. The smallest absolute Gasteiger partial charge is 0.244 e. The van der Waals surface area contributed by atoms with Crippen LogP contribution in [-0.2, 0) is 4.79 Å². The van der Waals surface area contributed by atoms with Gasteiger partial charge in [-0.25, -0.2) is 0 Å². The van der Waals surface area contributed by atoms with E-state index in [9.17, 15) is 4.79 Å². The van der Waals surface area contributed by atoms with E-state index in [1.54, 1.807) is 7.11 Å². The number of hydrogen-bond acceptors (Lipinski definition) is 4. The Hall–Kier alpha value is -1.59. The zero-order valence-electron chi connectivity index (χ0n) is 14.0. The van der Waals surface area contributed by atoms with E-state index < -0.39 is 0 Å². The molecule has 3 rings (SSSR count). The summed E-state index contributed by atoms with van der Waals surface area (Å²) in [7, 11) is 1.67. The largest absolute Gasteiger partial charge is 0.497 e. The van der Waals surface area contributed by atoms with Gasteiger partial charge in [-0.2, -0.15) is 0 Å². The molecule has 2 saturated heterocycles. The van der Waals surface area contributed by atoms with Crippen molar-refractivity contribution in [3.05, 3.63) is 29.8 Å². The third-order valence-corrected chi connectivity index (χ3v) is 4.85. The molecule has 5 heteroatoms. The molecule has 1 unspecified atom stereocenters. The molecule has 2 aliphatic rings. The van der Waals surface area contributed by atoms with Crippen molar-refractivity contribution in [2.24, 2.45) is 0 Å². The molecule has 2 fully saturated rings. The van der Waals surface area contributed by atoms with E-state index in [1.807, 2.05) is 29.2 Å². The van der Waals surface area contributed by atoms with E-state index in [4.69, 9.17) is 4.74 Å². The second-order valence-electron chi connectivity index (χ2n) is 6.35. The first kappa shape index (κ1) is 16.3. The number of piperazine rings is 1. The first-order valence-corrected chi connectivity index (χ1v) is 8.67. The lowest BCUT2D eigenvalue weighted by molar-refractivity contribution is -0.138. The van der Waals surface area contributed by atoms with Crippen LogP contribution in [0.4, 0.5) is 0 Å². The number of nitrogens with zero attached hydrogens (tertiary/aromatic N) is 2. The summed E-state index contributed by atoms with van der Waals surface area (Å²) in [5.41, 5.74) is 1.08. The number of piperidine rings is 1. The Bertz CT molecular complexity index is 506. The molecule has 1 aromatic carbocycles. The van der Waals surface area contributed by atoms with Crippen molar-refractivity contribution in [1.29, 1.82) is 0 Å². The minimum absolute atomic E-state index is 0.153. The second kappa shape index (κ2) is 7.79. The van der Waals surface area contributed by atoms with Crippen LogP contribution in [0.5, 0.6) is 5.75 Å². The van der Waals surface area contributed by atoms with Crippen molar-refractivity contribution in [2.45, 2.75) is 25.3 Å². The topological polar surface area (TPSA) is 44.8 Å². The summed E-state index contributed by atoms with van der Waals surface area (Å²) in [4.78, 5) is 17.5. The predicted octanol–water partition coefficient (Wildman–Crippen LogP) is 1.65. The van der Waals surface area contributed by atoms with Gasteiger partial charge in [-0.15, -0.1) is 0 Å². The zero-order valence-corrected chi connectivity index (χ0v) is 14.0. The van der Waals surface area contributed by atoms with E-state index >= 15 is 0 Å². The molecule has 0 bridgehead atoms. The first-order valence-electron chi connectivity index (χ1n) is 8.67. The highest BCUT2D eigenvalue weighted by molar-refractivity contribution is 5.83. The molecule has 0 radical (unpaired) electrons. The van der Waals surface area contributed by atoms with Gasteiger partial charge in [0.1, 0.15) is 11.8 Å². The Balaban J connectivity index is 1.83. The SMILES string of the molecule is COc1ccc(C(C(=O)N2CCNCC2)N2CCCCC2)cc1. The molecule has 2 aliphatic heterocycles. The number of ether oxygens (including phenoxy) is 1. The van der Waals surface area contributed by atoms with Crippen LogP contribution in [-0.4, -0.2) is 62.1 Å². The molecule has 1 N–H and O–H groups in total. The molecule has 5 nitrogen and oxygen atoms in total.